The third kappa shape index (κ3) is 7.85. The van der Waals surface area contributed by atoms with Gasteiger partial charge in [-0.15, -0.1) is 24.2 Å². The Morgan fingerprint density at radius 1 is 1.30 bits per heavy atom. The van der Waals surface area contributed by atoms with Gasteiger partial charge in [0.25, 0.3) is 0 Å². The van der Waals surface area contributed by atoms with Crippen LogP contribution in [-0.4, -0.2) is 24.6 Å². The summed E-state index contributed by atoms with van der Waals surface area (Å²) in [5.74, 6) is -1.08. The van der Waals surface area contributed by atoms with Gasteiger partial charge in [0.15, 0.2) is 0 Å². The van der Waals surface area contributed by atoms with E-state index in [-0.39, 0.29) is 36.0 Å². The molecule has 23 heavy (non-hydrogen) atoms. The lowest BCUT2D eigenvalue weighted by Crippen LogP contribution is -2.15. The summed E-state index contributed by atoms with van der Waals surface area (Å²) >= 11 is 0.684. The van der Waals surface area contributed by atoms with Crippen molar-refractivity contribution in [1.82, 2.24) is 0 Å². The maximum Gasteiger partial charge on any atom is 0.416 e. The number of carbonyl (C=O) groups is 1. The third-order valence-corrected chi connectivity index (χ3v) is 3.64. The average molecular weight is 379 g/mol. The molecule has 3 N–H and O–H groups in total. The van der Waals surface area contributed by atoms with Crippen LogP contribution in [0.15, 0.2) is 23.1 Å². The Hall–Kier alpha value is -1.06. The maximum atomic E-state index is 12.7. The number of hydrogen-bond donors (Lipinski definition) is 2. The summed E-state index contributed by atoms with van der Waals surface area (Å²) in [6, 6.07) is 2.62. The van der Waals surface area contributed by atoms with Gasteiger partial charge in [-0.1, -0.05) is 0 Å². The average Bonchev–Trinajstić information content (AvgIpc) is 2.42. The minimum Gasteiger partial charge on any atom is -0.330 e. The number of amides is 1. The Kier molecular flexibility index (Phi) is 9.48. The topological polar surface area (TPSA) is 55.1 Å². The van der Waals surface area contributed by atoms with Crippen LogP contribution >= 0.6 is 24.2 Å². The maximum absolute atomic E-state index is 12.7. The highest BCUT2D eigenvalue weighted by atomic mass is 35.5. The summed E-state index contributed by atoms with van der Waals surface area (Å²) in [4.78, 5) is 11.8. The van der Waals surface area contributed by atoms with Crippen molar-refractivity contribution in [3.63, 3.8) is 0 Å². The van der Waals surface area contributed by atoms with Crippen LogP contribution in [0.3, 0.4) is 0 Å². The molecule has 1 amide bonds. The van der Waals surface area contributed by atoms with Gasteiger partial charge in [0.1, 0.15) is 0 Å². The van der Waals surface area contributed by atoms with Crippen LogP contribution < -0.4 is 11.1 Å². The van der Waals surface area contributed by atoms with Gasteiger partial charge in [-0.3, -0.25) is 4.79 Å². The van der Waals surface area contributed by atoms with Crippen molar-refractivity contribution in [1.29, 1.82) is 0 Å². The Bertz CT molecular complexity index is 514. The van der Waals surface area contributed by atoms with E-state index in [1.807, 2.05) is 0 Å². The standard InChI is InChI=1S/C13H15F5N2OS.ClH/c14-11(15)7-22-10-4-3-8(13(16,17)18)6-9(10)20-12(21)2-1-5-19;/h3-4,6,11H,1-2,5,7,19H2,(H,20,21);1H. The van der Waals surface area contributed by atoms with Crippen molar-refractivity contribution in [2.75, 3.05) is 17.6 Å². The lowest BCUT2D eigenvalue weighted by Gasteiger charge is -2.14. The van der Waals surface area contributed by atoms with Crippen molar-refractivity contribution in [3.8, 4) is 0 Å². The number of rotatable bonds is 7. The number of benzene rings is 1. The number of nitrogens with one attached hydrogen (secondary N) is 1. The first-order valence-electron chi connectivity index (χ1n) is 6.36. The van der Waals surface area contributed by atoms with Crippen LogP contribution in [0.25, 0.3) is 0 Å². The van der Waals surface area contributed by atoms with E-state index in [1.54, 1.807) is 0 Å². The van der Waals surface area contributed by atoms with E-state index >= 15 is 0 Å². The van der Waals surface area contributed by atoms with Crippen LogP contribution in [0.1, 0.15) is 18.4 Å². The molecule has 0 aromatic heterocycles. The Morgan fingerprint density at radius 2 is 1.96 bits per heavy atom. The van der Waals surface area contributed by atoms with Gasteiger partial charge >= 0.3 is 6.18 Å². The molecular weight excluding hydrogens is 363 g/mol. The Morgan fingerprint density at radius 3 is 2.48 bits per heavy atom. The minimum atomic E-state index is -4.58. The Labute approximate surface area is 140 Å². The highest BCUT2D eigenvalue weighted by Gasteiger charge is 2.31. The second kappa shape index (κ2) is 9.94. The molecule has 0 aliphatic heterocycles. The molecule has 0 atom stereocenters. The number of thioether (sulfide) groups is 1. The fourth-order valence-electron chi connectivity index (χ4n) is 1.56. The lowest BCUT2D eigenvalue weighted by molar-refractivity contribution is -0.137. The molecule has 3 nitrogen and oxygen atoms in total. The molecule has 0 bridgehead atoms. The molecular formula is C13H16ClF5N2OS. The molecule has 10 heteroatoms. The minimum absolute atomic E-state index is 0. The van der Waals surface area contributed by atoms with E-state index < -0.39 is 29.8 Å². The molecule has 0 unspecified atom stereocenters. The summed E-state index contributed by atoms with van der Waals surface area (Å²) in [6.45, 7) is 0.267. The molecule has 0 fully saturated rings. The zero-order chi connectivity index (χ0) is 16.8. The zero-order valence-electron chi connectivity index (χ0n) is 11.8. The molecule has 0 aliphatic rings. The van der Waals surface area contributed by atoms with E-state index in [2.05, 4.69) is 5.32 Å². The van der Waals surface area contributed by atoms with E-state index in [9.17, 15) is 26.7 Å². The Balaban J connectivity index is 0.00000484. The lowest BCUT2D eigenvalue weighted by atomic mass is 10.2. The molecule has 1 aromatic carbocycles. The third-order valence-electron chi connectivity index (χ3n) is 2.55. The van der Waals surface area contributed by atoms with E-state index in [4.69, 9.17) is 5.73 Å². The van der Waals surface area contributed by atoms with Crippen molar-refractivity contribution >= 4 is 35.8 Å². The first-order valence-corrected chi connectivity index (χ1v) is 7.34. The molecule has 0 aliphatic carbocycles. The fraction of sp³-hybridized carbons (Fsp3) is 0.462. The first-order chi connectivity index (χ1) is 10.2. The number of halogens is 6. The molecule has 0 saturated carbocycles. The zero-order valence-corrected chi connectivity index (χ0v) is 13.5. The molecule has 1 rings (SSSR count). The molecule has 0 heterocycles. The van der Waals surface area contributed by atoms with Gasteiger partial charge in [0, 0.05) is 11.3 Å². The van der Waals surface area contributed by atoms with Crippen molar-refractivity contribution in [2.45, 2.75) is 30.3 Å². The van der Waals surface area contributed by atoms with E-state index in [1.165, 1.54) is 0 Å². The summed E-state index contributed by atoms with van der Waals surface area (Å²) in [6.07, 6.45) is -6.76. The predicted octanol–water partition coefficient (Wildman–Crippen LogP) is 4.16. The molecule has 1 aromatic rings. The van der Waals surface area contributed by atoms with Crippen molar-refractivity contribution in [3.05, 3.63) is 23.8 Å². The molecule has 0 saturated heterocycles. The SMILES string of the molecule is Cl.NCCCC(=O)Nc1cc(C(F)(F)F)ccc1SCC(F)F. The summed E-state index contributed by atoms with van der Waals surface area (Å²) in [7, 11) is 0. The van der Waals surface area contributed by atoms with Gasteiger partial charge in [0.05, 0.1) is 17.0 Å². The smallest absolute Gasteiger partial charge is 0.330 e. The second-order valence-corrected chi connectivity index (χ2v) is 5.41. The van der Waals surface area contributed by atoms with Crippen LogP contribution in [-0.2, 0) is 11.0 Å². The van der Waals surface area contributed by atoms with Crippen LogP contribution in [0, 0.1) is 0 Å². The van der Waals surface area contributed by atoms with Crippen molar-refractivity contribution < 1.29 is 26.7 Å². The quantitative estimate of drug-likeness (QED) is 0.553. The largest absolute Gasteiger partial charge is 0.416 e. The monoisotopic (exact) mass is 378 g/mol. The first kappa shape index (κ1) is 21.9. The van der Waals surface area contributed by atoms with Gasteiger partial charge in [0.2, 0.25) is 12.3 Å². The summed E-state index contributed by atoms with van der Waals surface area (Å²) < 4.78 is 62.6. The summed E-state index contributed by atoms with van der Waals surface area (Å²) in [5, 5.41) is 2.32. The van der Waals surface area contributed by atoms with Gasteiger partial charge in [-0.25, -0.2) is 8.78 Å². The van der Waals surface area contributed by atoms with Crippen LogP contribution in [0.4, 0.5) is 27.6 Å². The predicted molar refractivity (Wildman–Crippen MR) is 82.3 cm³/mol. The normalized spacial score (nSPS) is 11.3. The molecule has 0 spiro atoms. The summed E-state index contributed by atoms with van der Waals surface area (Å²) in [5.41, 5.74) is 4.17. The van der Waals surface area contributed by atoms with Crippen LogP contribution in [0.2, 0.25) is 0 Å². The van der Waals surface area contributed by atoms with E-state index in [0.717, 1.165) is 18.2 Å². The fourth-order valence-corrected chi connectivity index (χ4v) is 2.29. The number of alkyl halides is 5. The highest BCUT2D eigenvalue weighted by molar-refractivity contribution is 7.99. The number of nitrogens with two attached hydrogens (primary N) is 1. The number of anilines is 1. The second-order valence-electron chi connectivity index (χ2n) is 4.35. The van der Waals surface area contributed by atoms with Gasteiger partial charge in [-0.05, 0) is 31.2 Å². The highest BCUT2D eigenvalue weighted by Crippen LogP contribution is 2.36. The van der Waals surface area contributed by atoms with Crippen molar-refractivity contribution in [2.24, 2.45) is 5.73 Å². The molecule has 132 valence electrons. The van der Waals surface area contributed by atoms with Gasteiger partial charge in [-0.2, -0.15) is 13.2 Å². The van der Waals surface area contributed by atoms with E-state index in [0.29, 0.717) is 18.2 Å². The number of hydrogen-bond acceptors (Lipinski definition) is 3. The van der Waals surface area contributed by atoms with Crippen LogP contribution in [0.5, 0.6) is 0 Å². The molecule has 0 radical (unpaired) electrons. The van der Waals surface area contributed by atoms with Gasteiger partial charge < -0.3 is 11.1 Å². The number of carbonyl (C=O) groups excluding carboxylic acids is 1.